The highest BCUT2D eigenvalue weighted by Gasteiger charge is 2.31. The second-order valence-electron chi connectivity index (χ2n) is 7.08. The summed E-state index contributed by atoms with van der Waals surface area (Å²) in [7, 11) is 2.10. The second-order valence-corrected chi connectivity index (χ2v) is 7.08. The highest BCUT2D eigenvalue weighted by Crippen LogP contribution is 2.35. The monoisotopic (exact) mass is 345 g/mol. The average molecular weight is 345 g/mol. The van der Waals surface area contributed by atoms with Crippen molar-refractivity contribution < 1.29 is 13.6 Å². The predicted octanol–water partition coefficient (Wildman–Crippen LogP) is 3.61. The smallest absolute Gasteiger partial charge is 0.166 e. The molecule has 0 N–H and O–H groups in total. The molecule has 1 saturated heterocycles. The van der Waals surface area contributed by atoms with Crippen LogP contribution in [0.4, 0.5) is 8.78 Å². The van der Waals surface area contributed by atoms with Crippen LogP contribution in [0.15, 0.2) is 18.2 Å². The SMILES string of the molecule is CN1CCC(n2nc(-c3cc(F)cc(F)c3)c3c2CCCC3=O)CC1. The van der Waals surface area contributed by atoms with Crippen LogP contribution in [0.3, 0.4) is 0 Å². The Morgan fingerprint density at radius 3 is 2.44 bits per heavy atom. The predicted molar refractivity (Wildman–Crippen MR) is 90.6 cm³/mol. The van der Waals surface area contributed by atoms with Gasteiger partial charge in [-0.1, -0.05) is 0 Å². The third kappa shape index (κ3) is 2.99. The van der Waals surface area contributed by atoms with Crippen molar-refractivity contribution in [2.75, 3.05) is 20.1 Å². The molecule has 6 heteroatoms. The van der Waals surface area contributed by atoms with Crippen molar-refractivity contribution in [1.29, 1.82) is 0 Å². The molecule has 0 amide bonds. The van der Waals surface area contributed by atoms with Gasteiger partial charge in [-0.2, -0.15) is 5.10 Å². The van der Waals surface area contributed by atoms with Gasteiger partial charge in [0.05, 0.1) is 17.3 Å². The molecule has 0 unspecified atom stereocenters. The highest BCUT2D eigenvalue weighted by atomic mass is 19.1. The number of carbonyl (C=O) groups excluding carboxylic acids is 1. The van der Waals surface area contributed by atoms with Gasteiger partial charge in [0, 0.05) is 18.1 Å². The van der Waals surface area contributed by atoms with Crippen molar-refractivity contribution in [3.63, 3.8) is 0 Å². The van der Waals surface area contributed by atoms with Crippen LogP contribution in [0.2, 0.25) is 0 Å². The van der Waals surface area contributed by atoms with Crippen molar-refractivity contribution in [2.24, 2.45) is 0 Å². The molecule has 2 aliphatic rings. The molecule has 2 aromatic rings. The summed E-state index contributed by atoms with van der Waals surface area (Å²) in [4.78, 5) is 14.8. The molecular formula is C19H21F2N3O. The second kappa shape index (κ2) is 6.33. The molecule has 0 bridgehead atoms. The maximum atomic E-state index is 13.7. The number of ketones is 1. The fraction of sp³-hybridized carbons (Fsp3) is 0.474. The van der Waals surface area contributed by atoms with E-state index in [1.807, 2.05) is 4.68 Å². The minimum absolute atomic E-state index is 0.0279. The molecule has 25 heavy (non-hydrogen) atoms. The van der Waals surface area contributed by atoms with Crippen LogP contribution in [0.1, 0.15) is 47.8 Å². The first-order chi connectivity index (χ1) is 12.0. The van der Waals surface area contributed by atoms with E-state index < -0.39 is 11.6 Å². The van der Waals surface area contributed by atoms with Gasteiger partial charge in [-0.05, 0) is 58.0 Å². The lowest BCUT2D eigenvalue weighted by Crippen LogP contribution is -2.32. The minimum atomic E-state index is -0.652. The number of nitrogens with zero attached hydrogens (tertiary/aromatic N) is 3. The number of hydrogen-bond donors (Lipinski definition) is 0. The number of halogens is 2. The lowest BCUT2D eigenvalue weighted by Gasteiger charge is -2.30. The van der Waals surface area contributed by atoms with E-state index in [-0.39, 0.29) is 11.8 Å². The Kier molecular flexibility index (Phi) is 4.15. The lowest BCUT2D eigenvalue weighted by atomic mass is 9.92. The first-order valence-corrected chi connectivity index (χ1v) is 8.82. The van der Waals surface area contributed by atoms with E-state index in [1.165, 1.54) is 12.1 Å². The van der Waals surface area contributed by atoms with Crippen LogP contribution in [0.5, 0.6) is 0 Å². The van der Waals surface area contributed by atoms with Gasteiger partial charge in [0.25, 0.3) is 0 Å². The number of piperidine rings is 1. The zero-order valence-corrected chi connectivity index (χ0v) is 14.3. The zero-order chi connectivity index (χ0) is 17.6. The van der Waals surface area contributed by atoms with E-state index in [2.05, 4.69) is 17.0 Å². The largest absolute Gasteiger partial charge is 0.306 e. The van der Waals surface area contributed by atoms with Gasteiger partial charge in [0.1, 0.15) is 17.3 Å². The Balaban J connectivity index is 1.83. The standard InChI is InChI=1S/C19H21F2N3O/c1-23-7-5-15(6-8-23)24-16-3-2-4-17(25)18(16)19(22-24)12-9-13(20)11-14(21)10-12/h9-11,15H,2-8H2,1H3. The van der Waals surface area contributed by atoms with E-state index in [0.717, 1.165) is 50.5 Å². The summed E-state index contributed by atoms with van der Waals surface area (Å²) in [5.74, 6) is -1.28. The number of Topliss-reactive ketones (excluding diaryl/α,β-unsaturated/α-hetero) is 1. The van der Waals surface area contributed by atoms with Crippen LogP contribution in [0, 0.1) is 11.6 Å². The van der Waals surface area contributed by atoms with Gasteiger partial charge in [-0.15, -0.1) is 0 Å². The van der Waals surface area contributed by atoms with Crippen molar-refractivity contribution in [1.82, 2.24) is 14.7 Å². The Labute approximate surface area is 145 Å². The summed E-state index contributed by atoms with van der Waals surface area (Å²) in [6.45, 7) is 1.97. The summed E-state index contributed by atoms with van der Waals surface area (Å²) in [5, 5.41) is 4.69. The fourth-order valence-electron chi connectivity index (χ4n) is 3.98. The molecule has 0 atom stereocenters. The third-order valence-corrected chi connectivity index (χ3v) is 5.28. The van der Waals surface area contributed by atoms with E-state index >= 15 is 0 Å². The van der Waals surface area contributed by atoms with Crippen LogP contribution >= 0.6 is 0 Å². The first-order valence-electron chi connectivity index (χ1n) is 8.82. The van der Waals surface area contributed by atoms with Gasteiger partial charge in [0.2, 0.25) is 0 Å². The number of rotatable bonds is 2. The highest BCUT2D eigenvalue weighted by molar-refractivity contribution is 6.03. The maximum Gasteiger partial charge on any atom is 0.166 e. The van der Waals surface area contributed by atoms with E-state index in [0.29, 0.717) is 23.2 Å². The number of hydrogen-bond acceptors (Lipinski definition) is 3. The quantitative estimate of drug-likeness (QED) is 0.834. The van der Waals surface area contributed by atoms with Crippen LogP contribution < -0.4 is 0 Å². The summed E-state index contributed by atoms with van der Waals surface area (Å²) in [5.41, 5.74) is 2.27. The van der Waals surface area contributed by atoms with Gasteiger partial charge < -0.3 is 4.90 Å². The van der Waals surface area contributed by atoms with Gasteiger partial charge in [0.15, 0.2) is 5.78 Å². The number of likely N-dealkylation sites (tertiary alicyclic amines) is 1. The van der Waals surface area contributed by atoms with Crippen molar-refractivity contribution in [3.8, 4) is 11.3 Å². The van der Waals surface area contributed by atoms with Gasteiger partial charge in [-0.25, -0.2) is 8.78 Å². The normalized spacial score (nSPS) is 19.2. The molecule has 1 aromatic heterocycles. The Morgan fingerprint density at radius 2 is 1.76 bits per heavy atom. The Bertz CT molecular complexity index is 802. The van der Waals surface area contributed by atoms with E-state index in [1.54, 1.807) is 0 Å². The molecule has 1 fully saturated rings. The molecule has 0 saturated carbocycles. The summed E-state index contributed by atoms with van der Waals surface area (Å²) in [6, 6.07) is 3.59. The first kappa shape index (κ1) is 16.4. The fourth-order valence-corrected chi connectivity index (χ4v) is 3.98. The van der Waals surface area contributed by atoms with Crippen molar-refractivity contribution >= 4 is 5.78 Å². The van der Waals surface area contributed by atoms with Gasteiger partial charge >= 0.3 is 0 Å². The van der Waals surface area contributed by atoms with E-state index in [9.17, 15) is 13.6 Å². The number of aromatic nitrogens is 2. The molecule has 1 aliphatic carbocycles. The number of fused-ring (bicyclic) bond motifs is 1. The minimum Gasteiger partial charge on any atom is -0.306 e. The molecule has 4 rings (SSSR count). The van der Waals surface area contributed by atoms with Crippen LogP contribution in [-0.2, 0) is 6.42 Å². The molecule has 1 aliphatic heterocycles. The Hall–Kier alpha value is -2.08. The lowest BCUT2D eigenvalue weighted by molar-refractivity contribution is 0.0971. The summed E-state index contributed by atoms with van der Waals surface area (Å²) < 4.78 is 29.3. The molecule has 4 nitrogen and oxygen atoms in total. The molecular weight excluding hydrogens is 324 g/mol. The average Bonchev–Trinajstić information content (AvgIpc) is 2.96. The van der Waals surface area contributed by atoms with Gasteiger partial charge in [-0.3, -0.25) is 9.48 Å². The maximum absolute atomic E-state index is 13.7. The number of carbonyl (C=O) groups is 1. The van der Waals surface area contributed by atoms with Crippen LogP contribution in [-0.4, -0.2) is 40.6 Å². The molecule has 2 heterocycles. The van der Waals surface area contributed by atoms with Crippen molar-refractivity contribution in [2.45, 2.75) is 38.1 Å². The van der Waals surface area contributed by atoms with Crippen LogP contribution in [0.25, 0.3) is 11.3 Å². The molecule has 132 valence electrons. The number of benzene rings is 1. The molecule has 0 radical (unpaired) electrons. The molecule has 1 aromatic carbocycles. The van der Waals surface area contributed by atoms with E-state index in [4.69, 9.17) is 0 Å². The summed E-state index contributed by atoms with van der Waals surface area (Å²) in [6.07, 6.45) is 4.00. The summed E-state index contributed by atoms with van der Waals surface area (Å²) >= 11 is 0. The topological polar surface area (TPSA) is 38.1 Å². The third-order valence-electron chi connectivity index (χ3n) is 5.28. The molecule has 0 spiro atoms. The zero-order valence-electron chi connectivity index (χ0n) is 14.3. The van der Waals surface area contributed by atoms with Crippen molar-refractivity contribution in [3.05, 3.63) is 41.1 Å². The Morgan fingerprint density at radius 1 is 1.08 bits per heavy atom.